The third-order valence-electron chi connectivity index (χ3n) is 4.09. The van der Waals surface area contributed by atoms with Crippen LogP contribution in [0.4, 0.5) is 0 Å². The summed E-state index contributed by atoms with van der Waals surface area (Å²) in [4.78, 5) is 0. The van der Waals surface area contributed by atoms with Gasteiger partial charge in [0.25, 0.3) is 0 Å². The quantitative estimate of drug-likeness (QED) is 0.891. The normalized spacial score (nSPS) is 13.0. The first-order chi connectivity index (χ1) is 10.4. The number of methoxy groups -OCH3 is 1. The van der Waals surface area contributed by atoms with Crippen molar-refractivity contribution in [3.05, 3.63) is 65.2 Å². The molecule has 1 atom stereocenters. The lowest BCUT2D eigenvalue weighted by Crippen LogP contribution is -2.11. The van der Waals surface area contributed by atoms with Crippen molar-refractivity contribution in [2.45, 2.75) is 38.5 Å². The Bertz CT molecular complexity index is 594. The molecule has 2 rings (SSSR count). The molecule has 2 heteroatoms. The van der Waals surface area contributed by atoms with E-state index >= 15 is 0 Å². The smallest absolute Gasteiger partial charge is 0.119 e. The van der Waals surface area contributed by atoms with Crippen molar-refractivity contribution in [3.63, 3.8) is 0 Å². The summed E-state index contributed by atoms with van der Waals surface area (Å²) in [6.07, 6.45) is 0.827. The van der Waals surface area contributed by atoms with Gasteiger partial charge in [-0.15, -0.1) is 0 Å². The van der Waals surface area contributed by atoms with E-state index in [4.69, 9.17) is 4.74 Å². The molecule has 0 aliphatic rings. The number of hydrogen-bond donors (Lipinski definition) is 1. The predicted octanol–water partition coefficient (Wildman–Crippen LogP) is 4.31. The molecule has 118 valence electrons. The van der Waals surface area contributed by atoms with Crippen LogP contribution in [0.15, 0.2) is 48.5 Å². The van der Waals surface area contributed by atoms with E-state index in [1.165, 1.54) is 11.1 Å². The second-order valence-electron chi connectivity index (χ2n) is 6.81. The molecule has 0 aliphatic heterocycles. The van der Waals surface area contributed by atoms with Gasteiger partial charge in [-0.25, -0.2) is 0 Å². The van der Waals surface area contributed by atoms with Crippen LogP contribution >= 0.6 is 0 Å². The summed E-state index contributed by atoms with van der Waals surface area (Å²) in [6.45, 7) is 6.78. The standard InChI is InChI=1S/C20H26O2/c1-20(2,3)18-10-8-15(9-11-18)12-17(14-21)16-6-5-7-19(13-16)22-4/h5-11,13,17,21H,12,14H2,1-4H3. The van der Waals surface area contributed by atoms with Crippen molar-refractivity contribution in [3.8, 4) is 5.75 Å². The Morgan fingerprint density at radius 2 is 1.73 bits per heavy atom. The zero-order chi connectivity index (χ0) is 16.2. The number of aliphatic hydroxyl groups excluding tert-OH is 1. The van der Waals surface area contributed by atoms with Crippen LogP contribution < -0.4 is 4.74 Å². The van der Waals surface area contributed by atoms with Gasteiger partial charge < -0.3 is 9.84 Å². The molecule has 2 aromatic carbocycles. The highest BCUT2D eigenvalue weighted by molar-refractivity contribution is 5.33. The number of hydrogen-bond acceptors (Lipinski definition) is 2. The van der Waals surface area contributed by atoms with E-state index in [9.17, 15) is 5.11 Å². The molecule has 0 spiro atoms. The topological polar surface area (TPSA) is 29.5 Å². The van der Waals surface area contributed by atoms with Gasteiger partial charge in [0.2, 0.25) is 0 Å². The molecular weight excluding hydrogens is 272 g/mol. The van der Waals surface area contributed by atoms with Crippen LogP contribution in [-0.4, -0.2) is 18.8 Å². The van der Waals surface area contributed by atoms with Gasteiger partial charge in [-0.3, -0.25) is 0 Å². The van der Waals surface area contributed by atoms with Crippen molar-refractivity contribution >= 4 is 0 Å². The van der Waals surface area contributed by atoms with Crippen LogP contribution in [0.2, 0.25) is 0 Å². The first kappa shape index (κ1) is 16.6. The van der Waals surface area contributed by atoms with Crippen LogP contribution in [0.3, 0.4) is 0 Å². The summed E-state index contributed by atoms with van der Waals surface area (Å²) in [5.41, 5.74) is 3.86. The first-order valence-corrected chi connectivity index (χ1v) is 7.78. The lowest BCUT2D eigenvalue weighted by Gasteiger charge is -2.20. The predicted molar refractivity (Wildman–Crippen MR) is 91.7 cm³/mol. The van der Waals surface area contributed by atoms with Gasteiger partial charge in [0.1, 0.15) is 5.75 Å². The maximum absolute atomic E-state index is 9.75. The molecule has 0 heterocycles. The van der Waals surface area contributed by atoms with Gasteiger partial charge in [-0.1, -0.05) is 57.2 Å². The van der Waals surface area contributed by atoms with E-state index in [1.54, 1.807) is 7.11 Å². The van der Waals surface area contributed by atoms with Crippen LogP contribution in [0.1, 0.15) is 43.4 Å². The average molecular weight is 298 g/mol. The highest BCUT2D eigenvalue weighted by atomic mass is 16.5. The van der Waals surface area contributed by atoms with Crippen LogP contribution in [0, 0.1) is 0 Å². The first-order valence-electron chi connectivity index (χ1n) is 7.78. The minimum absolute atomic E-state index is 0.0931. The molecule has 0 bridgehead atoms. The highest BCUT2D eigenvalue weighted by Gasteiger charge is 2.15. The molecule has 2 nitrogen and oxygen atoms in total. The van der Waals surface area contributed by atoms with Gasteiger partial charge in [0.15, 0.2) is 0 Å². The summed E-state index contributed by atoms with van der Waals surface area (Å²) in [6, 6.07) is 16.7. The molecule has 1 N–H and O–H groups in total. The molecule has 22 heavy (non-hydrogen) atoms. The van der Waals surface area contributed by atoms with Crippen molar-refractivity contribution < 1.29 is 9.84 Å². The SMILES string of the molecule is COc1cccc(C(CO)Cc2ccc(C(C)(C)C)cc2)c1. The maximum Gasteiger partial charge on any atom is 0.119 e. The second kappa shape index (κ2) is 6.97. The van der Waals surface area contributed by atoms with E-state index < -0.39 is 0 Å². The molecule has 0 saturated heterocycles. The molecule has 1 unspecified atom stereocenters. The number of rotatable bonds is 5. The van der Waals surface area contributed by atoms with E-state index in [0.717, 1.165) is 17.7 Å². The minimum atomic E-state index is 0.0931. The average Bonchev–Trinajstić information content (AvgIpc) is 2.52. The zero-order valence-electron chi connectivity index (χ0n) is 14.0. The molecule has 0 aliphatic carbocycles. The highest BCUT2D eigenvalue weighted by Crippen LogP contribution is 2.26. The van der Waals surface area contributed by atoms with E-state index in [-0.39, 0.29) is 17.9 Å². The zero-order valence-corrected chi connectivity index (χ0v) is 14.0. The third-order valence-corrected chi connectivity index (χ3v) is 4.09. The Labute approximate surface area is 133 Å². The van der Waals surface area contributed by atoms with E-state index in [0.29, 0.717) is 0 Å². The lowest BCUT2D eigenvalue weighted by atomic mass is 9.85. The Kier molecular flexibility index (Phi) is 5.25. The van der Waals surface area contributed by atoms with Crippen LogP contribution in [-0.2, 0) is 11.8 Å². The Balaban J connectivity index is 2.16. The van der Waals surface area contributed by atoms with Crippen molar-refractivity contribution in [1.82, 2.24) is 0 Å². The summed E-state index contributed by atoms with van der Waals surface area (Å²) >= 11 is 0. The third kappa shape index (κ3) is 4.11. The van der Waals surface area contributed by atoms with Crippen LogP contribution in [0.25, 0.3) is 0 Å². The van der Waals surface area contributed by atoms with E-state index in [1.807, 2.05) is 24.3 Å². The summed E-state index contributed by atoms with van der Waals surface area (Å²) in [5.74, 6) is 0.926. The van der Waals surface area contributed by atoms with Crippen molar-refractivity contribution in [1.29, 1.82) is 0 Å². The second-order valence-corrected chi connectivity index (χ2v) is 6.81. The van der Waals surface area contributed by atoms with Crippen LogP contribution in [0.5, 0.6) is 5.75 Å². The lowest BCUT2D eigenvalue weighted by molar-refractivity contribution is 0.264. The summed E-state index contributed by atoms with van der Waals surface area (Å²) in [7, 11) is 1.66. The number of aliphatic hydroxyl groups is 1. The fraction of sp³-hybridized carbons (Fsp3) is 0.400. The fourth-order valence-corrected chi connectivity index (χ4v) is 2.61. The number of ether oxygens (including phenoxy) is 1. The molecule has 0 fully saturated rings. The Morgan fingerprint density at radius 3 is 2.27 bits per heavy atom. The summed E-state index contributed by atoms with van der Waals surface area (Å²) < 4.78 is 5.27. The molecule has 2 aromatic rings. The van der Waals surface area contributed by atoms with Gasteiger partial charge >= 0.3 is 0 Å². The molecule has 0 radical (unpaired) electrons. The molecule has 0 amide bonds. The largest absolute Gasteiger partial charge is 0.497 e. The van der Waals surface area contributed by atoms with Crippen molar-refractivity contribution in [2.75, 3.05) is 13.7 Å². The summed E-state index contributed by atoms with van der Waals surface area (Å²) in [5, 5.41) is 9.75. The van der Waals surface area contributed by atoms with Gasteiger partial charge in [0.05, 0.1) is 13.7 Å². The molecule has 0 aromatic heterocycles. The monoisotopic (exact) mass is 298 g/mol. The van der Waals surface area contributed by atoms with Gasteiger partial charge in [-0.2, -0.15) is 0 Å². The van der Waals surface area contributed by atoms with Crippen molar-refractivity contribution in [2.24, 2.45) is 0 Å². The Morgan fingerprint density at radius 1 is 1.05 bits per heavy atom. The molecule has 0 saturated carbocycles. The minimum Gasteiger partial charge on any atom is -0.497 e. The van der Waals surface area contributed by atoms with Gasteiger partial charge in [0, 0.05) is 5.92 Å². The number of benzene rings is 2. The Hall–Kier alpha value is -1.80. The maximum atomic E-state index is 9.75. The van der Waals surface area contributed by atoms with E-state index in [2.05, 4.69) is 45.0 Å². The fourth-order valence-electron chi connectivity index (χ4n) is 2.61. The van der Waals surface area contributed by atoms with Gasteiger partial charge in [-0.05, 0) is 40.7 Å². The molecular formula is C20H26O2.